The van der Waals surface area contributed by atoms with Crippen LogP contribution in [0, 0.1) is 34.6 Å². The van der Waals surface area contributed by atoms with Crippen LogP contribution in [0.4, 0.5) is 0 Å². The summed E-state index contributed by atoms with van der Waals surface area (Å²) in [6.45, 7) is 10.7. The summed E-state index contributed by atoms with van der Waals surface area (Å²) in [6, 6.07) is 28.3. The van der Waals surface area contributed by atoms with Gasteiger partial charge in [0, 0.05) is 0 Å². The summed E-state index contributed by atoms with van der Waals surface area (Å²) in [5.74, 6) is 1.80. The van der Waals surface area contributed by atoms with E-state index in [2.05, 4.69) is 107 Å². The van der Waals surface area contributed by atoms with E-state index in [1.54, 1.807) is 0 Å². The smallest absolute Gasteiger partial charge is 0.130 e. The standard InChI is InChI=1S/C30H30O/c1-20-6-14-29(23(4)16-20)27-11-8-25(9-12-27)19-26-10-15-30(24(5)17-26)31-28-13-7-21(2)22(3)18-28/h6-18H,19H2,1-5H3. The van der Waals surface area contributed by atoms with Gasteiger partial charge in [-0.3, -0.25) is 0 Å². The molecule has 0 aliphatic carbocycles. The molecule has 4 aromatic carbocycles. The first-order valence-electron chi connectivity index (χ1n) is 10.9. The molecule has 1 nitrogen and oxygen atoms in total. The highest BCUT2D eigenvalue weighted by atomic mass is 16.5. The number of aryl methyl sites for hydroxylation is 5. The van der Waals surface area contributed by atoms with Crippen LogP contribution in [0.1, 0.15) is 38.9 Å². The third-order valence-corrected chi connectivity index (χ3v) is 6.00. The minimum atomic E-state index is 0.890. The predicted molar refractivity (Wildman–Crippen MR) is 131 cm³/mol. The van der Waals surface area contributed by atoms with Gasteiger partial charge >= 0.3 is 0 Å². The van der Waals surface area contributed by atoms with Gasteiger partial charge in [0.1, 0.15) is 11.5 Å². The maximum Gasteiger partial charge on any atom is 0.130 e. The van der Waals surface area contributed by atoms with Crippen LogP contribution in [0.5, 0.6) is 11.5 Å². The molecule has 0 fully saturated rings. The third kappa shape index (κ3) is 4.88. The van der Waals surface area contributed by atoms with Crippen LogP contribution < -0.4 is 4.74 Å². The number of benzene rings is 4. The molecule has 0 amide bonds. The fourth-order valence-electron chi connectivity index (χ4n) is 4.02. The summed E-state index contributed by atoms with van der Waals surface area (Å²) in [5.41, 5.74) is 11.5. The van der Waals surface area contributed by atoms with Gasteiger partial charge in [-0.05, 0) is 104 Å². The van der Waals surface area contributed by atoms with E-state index < -0.39 is 0 Å². The average molecular weight is 407 g/mol. The maximum atomic E-state index is 6.13. The summed E-state index contributed by atoms with van der Waals surface area (Å²) < 4.78 is 6.13. The molecule has 0 radical (unpaired) electrons. The molecule has 156 valence electrons. The lowest BCUT2D eigenvalue weighted by Gasteiger charge is -2.12. The highest BCUT2D eigenvalue weighted by Gasteiger charge is 2.06. The zero-order valence-corrected chi connectivity index (χ0v) is 19.1. The Morgan fingerprint density at radius 2 is 1.29 bits per heavy atom. The Morgan fingerprint density at radius 3 is 1.97 bits per heavy atom. The van der Waals surface area contributed by atoms with E-state index >= 15 is 0 Å². The summed E-state index contributed by atoms with van der Waals surface area (Å²) in [7, 11) is 0. The van der Waals surface area contributed by atoms with Crippen molar-refractivity contribution in [2.24, 2.45) is 0 Å². The molecule has 0 heterocycles. The van der Waals surface area contributed by atoms with E-state index in [1.807, 2.05) is 6.07 Å². The summed E-state index contributed by atoms with van der Waals surface area (Å²) in [6.07, 6.45) is 0.915. The molecule has 0 N–H and O–H groups in total. The number of hydrogen-bond acceptors (Lipinski definition) is 1. The molecule has 31 heavy (non-hydrogen) atoms. The second kappa shape index (κ2) is 8.81. The molecular weight excluding hydrogens is 376 g/mol. The topological polar surface area (TPSA) is 9.23 Å². The van der Waals surface area contributed by atoms with Crippen LogP contribution in [-0.2, 0) is 6.42 Å². The second-order valence-electron chi connectivity index (χ2n) is 8.64. The van der Waals surface area contributed by atoms with Gasteiger partial charge in [-0.25, -0.2) is 0 Å². The Hall–Kier alpha value is -3.32. The molecule has 0 saturated heterocycles. The van der Waals surface area contributed by atoms with Gasteiger partial charge < -0.3 is 4.74 Å². The van der Waals surface area contributed by atoms with Crippen molar-refractivity contribution < 1.29 is 4.74 Å². The van der Waals surface area contributed by atoms with Crippen LogP contribution in [0.2, 0.25) is 0 Å². The first-order chi connectivity index (χ1) is 14.9. The molecule has 0 bridgehead atoms. The zero-order chi connectivity index (χ0) is 22.0. The van der Waals surface area contributed by atoms with Crippen LogP contribution >= 0.6 is 0 Å². The van der Waals surface area contributed by atoms with Crippen molar-refractivity contribution >= 4 is 0 Å². The van der Waals surface area contributed by atoms with E-state index in [0.717, 1.165) is 23.5 Å². The van der Waals surface area contributed by atoms with Crippen molar-refractivity contribution in [3.8, 4) is 22.6 Å². The van der Waals surface area contributed by atoms with Gasteiger partial charge in [0.15, 0.2) is 0 Å². The molecule has 4 rings (SSSR count). The summed E-state index contributed by atoms with van der Waals surface area (Å²) in [5, 5.41) is 0. The fourth-order valence-corrected chi connectivity index (χ4v) is 4.02. The molecule has 0 spiro atoms. The third-order valence-electron chi connectivity index (χ3n) is 6.00. The highest BCUT2D eigenvalue weighted by molar-refractivity contribution is 5.67. The summed E-state index contributed by atoms with van der Waals surface area (Å²) >= 11 is 0. The van der Waals surface area contributed by atoms with Crippen LogP contribution in [-0.4, -0.2) is 0 Å². The molecule has 0 saturated carbocycles. The van der Waals surface area contributed by atoms with Gasteiger partial charge in [-0.2, -0.15) is 0 Å². The van der Waals surface area contributed by atoms with E-state index in [-0.39, 0.29) is 0 Å². The molecule has 0 aromatic heterocycles. The zero-order valence-electron chi connectivity index (χ0n) is 19.1. The van der Waals surface area contributed by atoms with Crippen LogP contribution in [0.25, 0.3) is 11.1 Å². The average Bonchev–Trinajstić information content (AvgIpc) is 2.73. The minimum absolute atomic E-state index is 0.890. The van der Waals surface area contributed by atoms with E-state index in [1.165, 1.54) is 44.5 Å². The first-order valence-corrected chi connectivity index (χ1v) is 10.9. The largest absolute Gasteiger partial charge is 0.457 e. The van der Waals surface area contributed by atoms with Gasteiger partial charge in [0.2, 0.25) is 0 Å². The van der Waals surface area contributed by atoms with E-state index in [4.69, 9.17) is 4.74 Å². The van der Waals surface area contributed by atoms with Crippen molar-refractivity contribution in [3.63, 3.8) is 0 Å². The van der Waals surface area contributed by atoms with Gasteiger partial charge in [-0.1, -0.05) is 66.2 Å². The normalized spacial score (nSPS) is 10.9. The van der Waals surface area contributed by atoms with E-state index in [9.17, 15) is 0 Å². The monoisotopic (exact) mass is 406 g/mol. The lowest BCUT2D eigenvalue weighted by atomic mass is 9.96. The highest BCUT2D eigenvalue weighted by Crippen LogP contribution is 2.29. The number of hydrogen-bond donors (Lipinski definition) is 0. The Balaban J connectivity index is 1.48. The number of ether oxygens (including phenoxy) is 1. The Kier molecular flexibility index (Phi) is 5.95. The minimum Gasteiger partial charge on any atom is -0.457 e. The molecular formula is C30H30O. The van der Waals surface area contributed by atoms with Crippen molar-refractivity contribution in [2.75, 3.05) is 0 Å². The molecule has 0 aliphatic rings. The van der Waals surface area contributed by atoms with Crippen LogP contribution in [0.15, 0.2) is 78.9 Å². The summed E-state index contributed by atoms with van der Waals surface area (Å²) in [4.78, 5) is 0. The van der Waals surface area contributed by atoms with E-state index in [0.29, 0.717) is 0 Å². The van der Waals surface area contributed by atoms with Gasteiger partial charge in [0.05, 0.1) is 0 Å². The predicted octanol–water partition coefficient (Wildman–Crippen LogP) is 8.28. The maximum absolute atomic E-state index is 6.13. The molecule has 0 unspecified atom stereocenters. The van der Waals surface area contributed by atoms with Gasteiger partial charge in [0.25, 0.3) is 0 Å². The first kappa shape index (κ1) is 20.9. The van der Waals surface area contributed by atoms with Crippen molar-refractivity contribution in [1.82, 2.24) is 0 Å². The Labute approximate surface area is 186 Å². The molecule has 4 aromatic rings. The fraction of sp³-hybridized carbons (Fsp3) is 0.200. The quantitative estimate of drug-likeness (QED) is 0.324. The number of rotatable bonds is 5. The van der Waals surface area contributed by atoms with Gasteiger partial charge in [-0.15, -0.1) is 0 Å². The second-order valence-corrected chi connectivity index (χ2v) is 8.64. The van der Waals surface area contributed by atoms with Crippen LogP contribution in [0.3, 0.4) is 0 Å². The molecule has 0 aliphatic heterocycles. The Bertz CT molecular complexity index is 1220. The van der Waals surface area contributed by atoms with Crippen molar-refractivity contribution in [1.29, 1.82) is 0 Å². The lowest BCUT2D eigenvalue weighted by molar-refractivity contribution is 0.478. The van der Waals surface area contributed by atoms with Crippen molar-refractivity contribution in [2.45, 2.75) is 41.0 Å². The molecule has 0 atom stereocenters. The lowest BCUT2D eigenvalue weighted by Crippen LogP contribution is -1.93. The SMILES string of the molecule is Cc1ccc(-c2ccc(Cc3ccc(Oc4ccc(C)c(C)c4)c(C)c3)cc2)c(C)c1. The Morgan fingerprint density at radius 1 is 0.548 bits per heavy atom. The van der Waals surface area contributed by atoms with Crippen molar-refractivity contribution in [3.05, 3.63) is 118 Å². The molecule has 1 heteroatoms.